The Morgan fingerprint density at radius 3 is 2.42 bits per heavy atom. The van der Waals surface area contributed by atoms with E-state index in [2.05, 4.69) is 10.5 Å². The van der Waals surface area contributed by atoms with Gasteiger partial charge in [-0.25, -0.2) is 18.2 Å². The SMILES string of the molecule is O=C(CN(Cc1ccccc1)S(=O)(=O)c1cc(Cl)ccc1Cl)NN=Cc1c(F)cccc1Cl. The van der Waals surface area contributed by atoms with Crippen molar-refractivity contribution >= 4 is 56.9 Å². The molecule has 33 heavy (non-hydrogen) atoms. The molecule has 6 nitrogen and oxygen atoms in total. The molecular formula is C22H17Cl3FN3O3S. The molecule has 3 rings (SSSR count). The van der Waals surface area contributed by atoms with Crippen LogP contribution in [0.4, 0.5) is 4.39 Å². The molecule has 0 bridgehead atoms. The molecule has 0 aromatic heterocycles. The molecule has 0 radical (unpaired) electrons. The van der Waals surface area contributed by atoms with E-state index in [1.54, 1.807) is 30.3 Å². The average molecular weight is 529 g/mol. The van der Waals surface area contributed by atoms with Crippen LogP contribution in [0, 0.1) is 5.82 Å². The Labute approximate surface area is 205 Å². The van der Waals surface area contributed by atoms with Crippen LogP contribution >= 0.6 is 34.8 Å². The Hall–Kier alpha value is -2.49. The fourth-order valence-electron chi connectivity index (χ4n) is 2.83. The monoisotopic (exact) mass is 527 g/mol. The maximum Gasteiger partial charge on any atom is 0.255 e. The summed E-state index contributed by atoms with van der Waals surface area (Å²) in [5.41, 5.74) is 2.82. The van der Waals surface area contributed by atoms with Crippen molar-refractivity contribution in [2.75, 3.05) is 6.54 Å². The van der Waals surface area contributed by atoms with Crippen LogP contribution in [0.25, 0.3) is 0 Å². The van der Waals surface area contributed by atoms with Gasteiger partial charge in [-0.05, 0) is 35.9 Å². The van der Waals surface area contributed by atoms with Gasteiger partial charge in [-0.15, -0.1) is 0 Å². The summed E-state index contributed by atoms with van der Waals surface area (Å²) in [5.74, 6) is -1.37. The number of rotatable bonds is 8. The second-order valence-corrected chi connectivity index (χ2v) is 9.92. The maximum absolute atomic E-state index is 13.8. The third-order valence-corrected chi connectivity index (χ3v) is 7.25. The standard InChI is InChI=1S/C22H17Cl3FN3O3S/c23-16-9-10-19(25)21(11-16)33(31,32)29(13-15-5-2-1-3-6-15)14-22(30)28-27-12-17-18(24)7-4-8-20(17)26/h1-12H,13-14H2,(H,28,30). The normalized spacial score (nSPS) is 11.8. The number of halogens is 4. The molecule has 0 fully saturated rings. The number of benzene rings is 3. The topological polar surface area (TPSA) is 78.8 Å². The van der Waals surface area contributed by atoms with Crippen LogP contribution in [0.1, 0.15) is 11.1 Å². The van der Waals surface area contributed by atoms with Crippen LogP contribution < -0.4 is 5.43 Å². The van der Waals surface area contributed by atoms with Gasteiger partial charge in [0, 0.05) is 17.1 Å². The molecule has 0 spiro atoms. The van der Waals surface area contributed by atoms with Gasteiger partial charge >= 0.3 is 0 Å². The van der Waals surface area contributed by atoms with Crippen molar-refractivity contribution < 1.29 is 17.6 Å². The van der Waals surface area contributed by atoms with Crippen LogP contribution in [0.3, 0.4) is 0 Å². The zero-order valence-electron chi connectivity index (χ0n) is 16.9. The fraction of sp³-hybridized carbons (Fsp3) is 0.0909. The van der Waals surface area contributed by atoms with Gasteiger partial charge in [-0.2, -0.15) is 9.41 Å². The Morgan fingerprint density at radius 1 is 1.00 bits per heavy atom. The molecule has 0 saturated heterocycles. The molecule has 0 aliphatic carbocycles. The lowest BCUT2D eigenvalue weighted by atomic mass is 10.2. The first-order valence-electron chi connectivity index (χ1n) is 9.43. The summed E-state index contributed by atoms with van der Waals surface area (Å²) < 4.78 is 41.4. The zero-order chi connectivity index (χ0) is 24.0. The molecule has 172 valence electrons. The largest absolute Gasteiger partial charge is 0.272 e. The van der Waals surface area contributed by atoms with Gasteiger partial charge in [-0.1, -0.05) is 71.2 Å². The highest BCUT2D eigenvalue weighted by Gasteiger charge is 2.29. The Kier molecular flexibility index (Phi) is 8.45. The molecule has 0 atom stereocenters. The third kappa shape index (κ3) is 6.52. The van der Waals surface area contributed by atoms with Crippen LogP contribution in [-0.4, -0.2) is 31.4 Å². The van der Waals surface area contributed by atoms with E-state index in [0.29, 0.717) is 5.56 Å². The summed E-state index contributed by atoms with van der Waals surface area (Å²) >= 11 is 18.0. The molecule has 11 heteroatoms. The van der Waals surface area contributed by atoms with Gasteiger partial charge in [0.15, 0.2) is 0 Å². The molecule has 3 aromatic carbocycles. The van der Waals surface area contributed by atoms with Gasteiger partial charge in [-0.3, -0.25) is 4.79 Å². The number of nitrogens with zero attached hydrogens (tertiary/aromatic N) is 2. The van der Waals surface area contributed by atoms with Gasteiger partial charge in [0.2, 0.25) is 10.0 Å². The van der Waals surface area contributed by atoms with Crippen molar-refractivity contribution in [2.24, 2.45) is 5.10 Å². The number of carbonyl (C=O) groups excluding carboxylic acids is 1. The Bertz CT molecular complexity index is 1270. The van der Waals surface area contributed by atoms with Crippen molar-refractivity contribution in [1.82, 2.24) is 9.73 Å². The fourth-order valence-corrected chi connectivity index (χ4v) is 5.16. The summed E-state index contributed by atoms with van der Waals surface area (Å²) in [7, 11) is -4.22. The molecule has 0 aliphatic rings. The number of hydrogen-bond donors (Lipinski definition) is 1. The highest BCUT2D eigenvalue weighted by molar-refractivity contribution is 7.89. The van der Waals surface area contributed by atoms with Gasteiger partial charge < -0.3 is 0 Å². The number of sulfonamides is 1. The lowest BCUT2D eigenvalue weighted by Crippen LogP contribution is -2.39. The average Bonchev–Trinajstić information content (AvgIpc) is 2.77. The van der Waals surface area contributed by atoms with E-state index in [-0.39, 0.29) is 32.1 Å². The molecule has 3 aromatic rings. The van der Waals surface area contributed by atoms with E-state index in [9.17, 15) is 17.6 Å². The zero-order valence-corrected chi connectivity index (χ0v) is 20.0. The molecule has 1 amide bonds. The molecule has 0 aliphatic heterocycles. The molecular weight excluding hydrogens is 512 g/mol. The van der Waals surface area contributed by atoms with Gasteiger partial charge in [0.05, 0.1) is 22.8 Å². The summed E-state index contributed by atoms with van der Waals surface area (Å²) in [6.07, 6.45) is 1.04. The summed E-state index contributed by atoms with van der Waals surface area (Å²) in [5, 5.41) is 3.94. The summed E-state index contributed by atoms with van der Waals surface area (Å²) in [6.45, 7) is -0.690. The van der Waals surface area contributed by atoms with Crippen LogP contribution in [0.2, 0.25) is 15.1 Å². The minimum Gasteiger partial charge on any atom is -0.272 e. The third-order valence-electron chi connectivity index (χ3n) is 4.42. The minimum absolute atomic E-state index is 0.0149. The lowest BCUT2D eigenvalue weighted by Gasteiger charge is -2.22. The minimum atomic E-state index is -4.22. The van der Waals surface area contributed by atoms with E-state index >= 15 is 0 Å². The smallest absolute Gasteiger partial charge is 0.255 e. The Balaban J connectivity index is 1.84. The van der Waals surface area contributed by atoms with E-state index in [1.165, 1.54) is 36.4 Å². The molecule has 0 heterocycles. The van der Waals surface area contributed by atoms with Crippen molar-refractivity contribution in [1.29, 1.82) is 0 Å². The second kappa shape index (κ2) is 11.1. The van der Waals surface area contributed by atoms with Crippen LogP contribution in [0.15, 0.2) is 76.7 Å². The van der Waals surface area contributed by atoms with Crippen LogP contribution in [-0.2, 0) is 21.4 Å². The highest BCUT2D eigenvalue weighted by Crippen LogP contribution is 2.28. The van der Waals surface area contributed by atoms with E-state index in [4.69, 9.17) is 34.8 Å². The highest BCUT2D eigenvalue weighted by atomic mass is 35.5. The van der Waals surface area contributed by atoms with Crippen LogP contribution in [0.5, 0.6) is 0 Å². The van der Waals surface area contributed by atoms with Crippen molar-refractivity contribution in [3.8, 4) is 0 Å². The van der Waals surface area contributed by atoms with E-state index in [1.807, 2.05) is 0 Å². The number of nitrogens with one attached hydrogen (secondary N) is 1. The van der Waals surface area contributed by atoms with Crippen molar-refractivity contribution in [3.63, 3.8) is 0 Å². The number of hydrogen-bond acceptors (Lipinski definition) is 4. The summed E-state index contributed by atoms with van der Waals surface area (Å²) in [6, 6.07) is 16.8. The number of hydrazone groups is 1. The summed E-state index contributed by atoms with van der Waals surface area (Å²) in [4.78, 5) is 12.3. The maximum atomic E-state index is 13.8. The second-order valence-electron chi connectivity index (χ2n) is 6.76. The van der Waals surface area contributed by atoms with E-state index < -0.39 is 28.3 Å². The van der Waals surface area contributed by atoms with Gasteiger partial charge in [0.25, 0.3) is 5.91 Å². The number of amides is 1. The lowest BCUT2D eigenvalue weighted by molar-refractivity contribution is -0.121. The predicted molar refractivity (Wildman–Crippen MR) is 128 cm³/mol. The molecule has 0 unspecified atom stereocenters. The van der Waals surface area contributed by atoms with E-state index in [0.717, 1.165) is 10.5 Å². The first-order chi connectivity index (χ1) is 15.7. The van der Waals surface area contributed by atoms with Gasteiger partial charge in [0.1, 0.15) is 10.7 Å². The predicted octanol–water partition coefficient (Wildman–Crippen LogP) is 5.13. The first kappa shape index (κ1) is 25.1. The number of carbonyl (C=O) groups is 1. The Morgan fingerprint density at radius 2 is 1.73 bits per heavy atom. The first-order valence-corrected chi connectivity index (χ1v) is 12.0. The van der Waals surface area contributed by atoms with Crippen molar-refractivity contribution in [3.05, 3.63) is 98.7 Å². The molecule has 0 saturated carbocycles. The molecule has 1 N–H and O–H groups in total. The van der Waals surface area contributed by atoms with Crippen molar-refractivity contribution in [2.45, 2.75) is 11.4 Å². The quantitative estimate of drug-likeness (QED) is 0.325.